The Morgan fingerprint density at radius 3 is 2.79 bits per heavy atom. The molecule has 1 amide bonds. The number of hydrogen-bond acceptors (Lipinski definition) is 3. The maximum absolute atomic E-state index is 11.9. The summed E-state index contributed by atoms with van der Waals surface area (Å²) in [5.74, 6) is -0.929. The topological polar surface area (TPSA) is 69.6 Å². The molecule has 2 rings (SSSR count). The third-order valence-electron chi connectivity index (χ3n) is 3.30. The molecule has 1 aromatic rings. The summed E-state index contributed by atoms with van der Waals surface area (Å²) in [5, 5.41) is 11.6. The van der Waals surface area contributed by atoms with Gasteiger partial charge in [0.2, 0.25) is 5.91 Å². The van der Waals surface area contributed by atoms with Gasteiger partial charge < -0.3 is 10.4 Å². The number of nitrogens with one attached hydrogen (secondary N) is 1. The van der Waals surface area contributed by atoms with Crippen LogP contribution in [0.4, 0.5) is 0 Å². The van der Waals surface area contributed by atoms with E-state index in [1.807, 2.05) is 30.3 Å². The summed E-state index contributed by atoms with van der Waals surface area (Å²) >= 11 is 0. The predicted octanol–water partition coefficient (Wildman–Crippen LogP) is 0.852. The molecule has 0 bridgehead atoms. The van der Waals surface area contributed by atoms with Crippen LogP contribution in [0.25, 0.3) is 0 Å². The summed E-state index contributed by atoms with van der Waals surface area (Å²) < 4.78 is 0. The average Bonchev–Trinajstić information content (AvgIpc) is 2.39. The van der Waals surface area contributed by atoms with E-state index in [0.717, 1.165) is 12.1 Å². The highest BCUT2D eigenvalue weighted by Gasteiger charge is 2.29. The van der Waals surface area contributed by atoms with Crippen LogP contribution in [0, 0.1) is 0 Å². The highest BCUT2D eigenvalue weighted by molar-refractivity contribution is 5.83. The van der Waals surface area contributed by atoms with E-state index in [1.54, 1.807) is 0 Å². The van der Waals surface area contributed by atoms with Gasteiger partial charge in [-0.2, -0.15) is 0 Å². The first-order valence-electron chi connectivity index (χ1n) is 6.44. The van der Waals surface area contributed by atoms with E-state index in [0.29, 0.717) is 19.5 Å². The van der Waals surface area contributed by atoms with Crippen molar-refractivity contribution in [2.24, 2.45) is 0 Å². The number of benzene rings is 1. The molecule has 0 spiro atoms. The van der Waals surface area contributed by atoms with Gasteiger partial charge in [0.05, 0.1) is 6.04 Å². The van der Waals surface area contributed by atoms with E-state index in [-0.39, 0.29) is 18.4 Å². The van der Waals surface area contributed by atoms with Crippen molar-refractivity contribution in [2.75, 3.05) is 13.1 Å². The predicted molar refractivity (Wildman–Crippen MR) is 70.5 cm³/mol. The molecular weight excluding hydrogens is 244 g/mol. The molecule has 2 N–H and O–H groups in total. The number of piperazine rings is 1. The molecule has 5 heteroatoms. The Labute approximate surface area is 112 Å². The number of nitrogens with zero attached hydrogens (tertiary/aromatic N) is 1. The Bertz CT molecular complexity index is 447. The van der Waals surface area contributed by atoms with Crippen molar-refractivity contribution in [3.63, 3.8) is 0 Å². The lowest BCUT2D eigenvalue weighted by molar-refractivity contribution is -0.138. The maximum atomic E-state index is 11.9. The SMILES string of the molecule is O=C(O)CCC1C(=O)NCCN1Cc1ccccc1. The molecule has 0 aliphatic carbocycles. The lowest BCUT2D eigenvalue weighted by atomic mass is 10.1. The highest BCUT2D eigenvalue weighted by atomic mass is 16.4. The summed E-state index contributed by atoms with van der Waals surface area (Å²) in [6.07, 6.45) is 0.372. The number of rotatable bonds is 5. The van der Waals surface area contributed by atoms with E-state index in [2.05, 4.69) is 10.2 Å². The van der Waals surface area contributed by atoms with Gasteiger partial charge in [0.1, 0.15) is 0 Å². The lowest BCUT2D eigenvalue weighted by Crippen LogP contribution is -2.54. The van der Waals surface area contributed by atoms with Crippen molar-refractivity contribution in [1.29, 1.82) is 0 Å². The van der Waals surface area contributed by atoms with E-state index in [1.165, 1.54) is 0 Å². The summed E-state index contributed by atoms with van der Waals surface area (Å²) in [6, 6.07) is 9.57. The summed E-state index contributed by atoms with van der Waals surface area (Å²) in [4.78, 5) is 24.6. The van der Waals surface area contributed by atoms with Crippen LogP contribution >= 0.6 is 0 Å². The van der Waals surface area contributed by atoms with E-state index >= 15 is 0 Å². The number of carbonyl (C=O) groups excluding carboxylic acids is 1. The Kier molecular flexibility index (Phi) is 4.52. The first-order chi connectivity index (χ1) is 9.16. The Morgan fingerprint density at radius 1 is 1.37 bits per heavy atom. The lowest BCUT2D eigenvalue weighted by Gasteiger charge is -2.34. The molecule has 5 nitrogen and oxygen atoms in total. The van der Waals surface area contributed by atoms with Crippen molar-refractivity contribution < 1.29 is 14.7 Å². The number of amides is 1. The number of carboxylic acids is 1. The molecule has 1 fully saturated rings. The molecule has 1 atom stereocenters. The minimum atomic E-state index is -0.863. The fourth-order valence-electron chi connectivity index (χ4n) is 2.34. The van der Waals surface area contributed by atoms with Gasteiger partial charge >= 0.3 is 5.97 Å². The molecule has 19 heavy (non-hydrogen) atoms. The Morgan fingerprint density at radius 2 is 2.11 bits per heavy atom. The second kappa shape index (κ2) is 6.33. The minimum absolute atomic E-state index is 0.0172. The standard InChI is InChI=1S/C14H18N2O3/c17-13(18)7-6-12-14(19)15-8-9-16(12)10-11-4-2-1-3-5-11/h1-5,12H,6-10H2,(H,15,19)(H,17,18). The van der Waals surface area contributed by atoms with Crippen LogP contribution in [0.15, 0.2) is 30.3 Å². The zero-order valence-electron chi connectivity index (χ0n) is 10.7. The van der Waals surface area contributed by atoms with Gasteiger partial charge in [-0.15, -0.1) is 0 Å². The molecule has 1 aliphatic heterocycles. The van der Waals surface area contributed by atoms with Gasteiger partial charge in [-0.25, -0.2) is 0 Å². The number of aliphatic carboxylic acids is 1. The van der Waals surface area contributed by atoms with E-state index in [4.69, 9.17) is 5.11 Å². The molecule has 102 valence electrons. The van der Waals surface area contributed by atoms with Crippen LogP contribution < -0.4 is 5.32 Å². The maximum Gasteiger partial charge on any atom is 0.303 e. The second-order valence-corrected chi connectivity index (χ2v) is 4.70. The van der Waals surface area contributed by atoms with Crippen molar-refractivity contribution in [2.45, 2.75) is 25.4 Å². The molecule has 1 aliphatic rings. The fourth-order valence-corrected chi connectivity index (χ4v) is 2.34. The number of carboxylic acid groups (broad SMARTS) is 1. The molecule has 0 radical (unpaired) electrons. The monoisotopic (exact) mass is 262 g/mol. The minimum Gasteiger partial charge on any atom is -0.481 e. The van der Waals surface area contributed by atoms with Gasteiger partial charge in [0.25, 0.3) is 0 Å². The van der Waals surface area contributed by atoms with Crippen molar-refractivity contribution in [1.82, 2.24) is 10.2 Å². The van der Waals surface area contributed by atoms with Crippen molar-refractivity contribution in [3.8, 4) is 0 Å². The zero-order chi connectivity index (χ0) is 13.7. The van der Waals surface area contributed by atoms with Crippen molar-refractivity contribution in [3.05, 3.63) is 35.9 Å². The first-order valence-corrected chi connectivity index (χ1v) is 6.44. The van der Waals surface area contributed by atoms with Crippen LogP contribution in [0.5, 0.6) is 0 Å². The number of hydrogen-bond donors (Lipinski definition) is 2. The molecule has 1 saturated heterocycles. The summed E-state index contributed by atoms with van der Waals surface area (Å²) in [5.41, 5.74) is 1.14. The summed E-state index contributed by atoms with van der Waals surface area (Å²) in [7, 11) is 0. The average molecular weight is 262 g/mol. The highest BCUT2D eigenvalue weighted by Crippen LogP contribution is 2.15. The van der Waals surface area contributed by atoms with Gasteiger partial charge in [-0.05, 0) is 12.0 Å². The quantitative estimate of drug-likeness (QED) is 0.825. The van der Waals surface area contributed by atoms with Crippen LogP contribution in [0.2, 0.25) is 0 Å². The Hall–Kier alpha value is -1.88. The van der Waals surface area contributed by atoms with Crippen molar-refractivity contribution >= 4 is 11.9 Å². The third kappa shape index (κ3) is 3.79. The molecule has 0 aromatic heterocycles. The van der Waals surface area contributed by atoms with Crippen LogP contribution in [0.3, 0.4) is 0 Å². The molecular formula is C14H18N2O3. The summed E-state index contributed by atoms with van der Waals surface area (Å²) in [6.45, 7) is 2.05. The third-order valence-corrected chi connectivity index (χ3v) is 3.30. The second-order valence-electron chi connectivity index (χ2n) is 4.70. The first kappa shape index (κ1) is 13.5. The van der Waals surface area contributed by atoms with E-state index in [9.17, 15) is 9.59 Å². The molecule has 0 saturated carbocycles. The molecule has 1 heterocycles. The van der Waals surface area contributed by atoms with E-state index < -0.39 is 5.97 Å². The zero-order valence-corrected chi connectivity index (χ0v) is 10.7. The number of carbonyl (C=O) groups is 2. The molecule has 1 aromatic carbocycles. The van der Waals surface area contributed by atoms with Crippen LogP contribution in [-0.2, 0) is 16.1 Å². The smallest absolute Gasteiger partial charge is 0.303 e. The fraction of sp³-hybridized carbons (Fsp3) is 0.429. The van der Waals surface area contributed by atoms with Gasteiger partial charge in [0.15, 0.2) is 0 Å². The van der Waals surface area contributed by atoms with Crippen LogP contribution in [-0.4, -0.2) is 41.0 Å². The van der Waals surface area contributed by atoms with Gasteiger partial charge in [-0.1, -0.05) is 30.3 Å². The largest absolute Gasteiger partial charge is 0.481 e. The Balaban J connectivity index is 2.02. The van der Waals surface area contributed by atoms with Gasteiger partial charge in [-0.3, -0.25) is 14.5 Å². The molecule has 1 unspecified atom stereocenters. The normalized spacial score (nSPS) is 20.0. The van der Waals surface area contributed by atoms with Crippen LogP contribution in [0.1, 0.15) is 18.4 Å². The van der Waals surface area contributed by atoms with Gasteiger partial charge in [0, 0.05) is 26.1 Å².